The Hall–Kier alpha value is -1.37. The zero-order valence-electron chi connectivity index (χ0n) is 10.8. The molecule has 0 aromatic carbocycles. The Morgan fingerprint density at radius 1 is 1.42 bits per heavy atom. The minimum atomic E-state index is -0.985. The topological polar surface area (TPSA) is 91.1 Å². The van der Waals surface area contributed by atoms with Crippen molar-refractivity contribution < 1.29 is 14.7 Å². The lowest BCUT2D eigenvalue weighted by atomic mass is 9.90. The Morgan fingerprint density at radius 2 is 2.11 bits per heavy atom. The van der Waals surface area contributed by atoms with E-state index in [0.717, 1.165) is 49.1 Å². The van der Waals surface area contributed by atoms with Gasteiger partial charge in [0, 0.05) is 5.71 Å². The molecule has 2 fully saturated rings. The molecule has 0 aromatic rings. The molecule has 0 aromatic heterocycles. The molecular formula is C12H17N3O3S. The van der Waals surface area contributed by atoms with Gasteiger partial charge >= 0.3 is 5.97 Å². The number of carboxylic acid groups (broad SMARTS) is 1. The van der Waals surface area contributed by atoms with Gasteiger partial charge in [0.15, 0.2) is 5.17 Å². The van der Waals surface area contributed by atoms with Crippen molar-refractivity contribution in [3.05, 3.63) is 0 Å². The number of nitrogens with one attached hydrogen (secondary N) is 1. The van der Waals surface area contributed by atoms with E-state index in [-0.39, 0.29) is 12.3 Å². The molecule has 1 saturated carbocycles. The van der Waals surface area contributed by atoms with Crippen LogP contribution in [0, 0.1) is 5.92 Å². The van der Waals surface area contributed by atoms with Crippen LogP contribution in [0.1, 0.15) is 39.0 Å². The van der Waals surface area contributed by atoms with Crippen molar-refractivity contribution in [1.29, 1.82) is 0 Å². The number of hydrogen-bond donors (Lipinski definition) is 2. The molecule has 1 unspecified atom stereocenters. The maximum absolute atomic E-state index is 11.5. The molecule has 19 heavy (non-hydrogen) atoms. The second kappa shape index (κ2) is 6.18. The van der Waals surface area contributed by atoms with Crippen molar-refractivity contribution in [2.24, 2.45) is 16.1 Å². The Bertz CT molecular complexity index is 438. The highest BCUT2D eigenvalue weighted by Gasteiger charge is 2.32. The number of rotatable bonds is 3. The molecule has 2 N–H and O–H groups in total. The van der Waals surface area contributed by atoms with Crippen LogP contribution in [-0.2, 0) is 9.59 Å². The SMILES string of the molecule is CC1CCC(=N/N=C2/NC(=O)C(CC(=O)O)S2)CC1. The summed E-state index contributed by atoms with van der Waals surface area (Å²) in [4.78, 5) is 22.1. The maximum Gasteiger partial charge on any atom is 0.305 e. The number of carbonyl (C=O) groups excluding carboxylic acids is 1. The predicted octanol–water partition coefficient (Wildman–Crippen LogP) is 1.61. The summed E-state index contributed by atoms with van der Waals surface area (Å²) in [5, 5.41) is 19.2. The summed E-state index contributed by atoms with van der Waals surface area (Å²) < 4.78 is 0. The van der Waals surface area contributed by atoms with Crippen LogP contribution in [0.3, 0.4) is 0 Å². The zero-order valence-corrected chi connectivity index (χ0v) is 11.6. The van der Waals surface area contributed by atoms with Crippen LogP contribution in [0.25, 0.3) is 0 Å². The van der Waals surface area contributed by atoms with Gasteiger partial charge in [-0.05, 0) is 31.6 Å². The Morgan fingerprint density at radius 3 is 2.74 bits per heavy atom. The average Bonchev–Trinajstić information content (AvgIpc) is 2.69. The molecular weight excluding hydrogens is 266 g/mol. The van der Waals surface area contributed by atoms with Crippen LogP contribution in [-0.4, -0.2) is 33.1 Å². The Kier molecular flexibility index (Phi) is 4.57. The molecule has 0 bridgehead atoms. The summed E-state index contributed by atoms with van der Waals surface area (Å²) in [6.07, 6.45) is 3.98. The van der Waals surface area contributed by atoms with E-state index < -0.39 is 11.2 Å². The van der Waals surface area contributed by atoms with Gasteiger partial charge in [-0.2, -0.15) is 5.10 Å². The van der Waals surface area contributed by atoms with Crippen molar-refractivity contribution >= 4 is 34.5 Å². The molecule has 2 aliphatic rings. The number of amidine groups is 1. The monoisotopic (exact) mass is 283 g/mol. The average molecular weight is 283 g/mol. The highest BCUT2D eigenvalue weighted by molar-refractivity contribution is 8.15. The predicted molar refractivity (Wildman–Crippen MR) is 74.3 cm³/mol. The molecule has 0 radical (unpaired) electrons. The van der Waals surface area contributed by atoms with Crippen molar-refractivity contribution in [2.75, 3.05) is 0 Å². The third-order valence-electron chi connectivity index (χ3n) is 3.27. The van der Waals surface area contributed by atoms with Crippen LogP contribution in [0.5, 0.6) is 0 Å². The Balaban J connectivity index is 1.92. The standard InChI is InChI=1S/C12H17N3O3S/c1-7-2-4-8(5-3-7)14-15-12-13-11(18)9(19-12)6-10(16)17/h7,9H,2-6H2,1H3,(H,16,17)(H,13,15,18). The molecule has 104 valence electrons. The summed E-state index contributed by atoms with van der Waals surface area (Å²) in [7, 11) is 0. The third kappa shape index (κ3) is 4.05. The lowest BCUT2D eigenvalue weighted by molar-refractivity contribution is -0.138. The molecule has 2 rings (SSSR count). The minimum Gasteiger partial charge on any atom is -0.481 e. The van der Waals surface area contributed by atoms with Gasteiger partial charge in [0.2, 0.25) is 5.91 Å². The van der Waals surface area contributed by atoms with Crippen LogP contribution in [0.2, 0.25) is 0 Å². The first-order chi connectivity index (χ1) is 9.04. The third-order valence-corrected chi connectivity index (χ3v) is 4.34. The van der Waals surface area contributed by atoms with Crippen molar-refractivity contribution in [1.82, 2.24) is 5.32 Å². The highest BCUT2D eigenvalue weighted by atomic mass is 32.2. The number of carboxylic acids is 1. The van der Waals surface area contributed by atoms with E-state index in [1.165, 1.54) is 0 Å². The largest absolute Gasteiger partial charge is 0.481 e. The number of hydrogen-bond acceptors (Lipinski definition) is 5. The van der Waals surface area contributed by atoms with Crippen molar-refractivity contribution in [3.63, 3.8) is 0 Å². The van der Waals surface area contributed by atoms with E-state index in [2.05, 4.69) is 22.4 Å². The van der Waals surface area contributed by atoms with Gasteiger partial charge in [-0.3, -0.25) is 9.59 Å². The van der Waals surface area contributed by atoms with Gasteiger partial charge in [-0.1, -0.05) is 18.7 Å². The highest BCUT2D eigenvalue weighted by Crippen LogP contribution is 2.24. The fourth-order valence-electron chi connectivity index (χ4n) is 2.06. The molecule has 1 saturated heterocycles. The number of aliphatic carboxylic acids is 1. The lowest BCUT2D eigenvalue weighted by Crippen LogP contribution is -2.26. The van der Waals surface area contributed by atoms with Gasteiger partial charge in [0.25, 0.3) is 0 Å². The molecule has 1 atom stereocenters. The van der Waals surface area contributed by atoms with E-state index in [1.54, 1.807) is 0 Å². The van der Waals surface area contributed by atoms with Gasteiger partial charge in [0.1, 0.15) is 5.25 Å². The van der Waals surface area contributed by atoms with E-state index in [9.17, 15) is 9.59 Å². The van der Waals surface area contributed by atoms with Crippen LogP contribution in [0.4, 0.5) is 0 Å². The molecule has 1 heterocycles. The summed E-state index contributed by atoms with van der Waals surface area (Å²) in [5.74, 6) is -0.544. The van der Waals surface area contributed by atoms with Crippen LogP contribution >= 0.6 is 11.8 Å². The first kappa shape index (κ1) is 14.0. The van der Waals surface area contributed by atoms with E-state index >= 15 is 0 Å². The van der Waals surface area contributed by atoms with Crippen LogP contribution in [0.15, 0.2) is 10.2 Å². The molecule has 1 aliphatic heterocycles. The molecule has 6 nitrogen and oxygen atoms in total. The fraction of sp³-hybridized carbons (Fsp3) is 0.667. The van der Waals surface area contributed by atoms with E-state index in [4.69, 9.17) is 5.11 Å². The zero-order chi connectivity index (χ0) is 13.8. The summed E-state index contributed by atoms with van der Waals surface area (Å²) in [5.41, 5.74) is 1.06. The fourth-order valence-corrected chi connectivity index (χ4v) is 2.97. The van der Waals surface area contributed by atoms with Crippen molar-refractivity contribution in [2.45, 2.75) is 44.3 Å². The van der Waals surface area contributed by atoms with Crippen molar-refractivity contribution in [3.8, 4) is 0 Å². The van der Waals surface area contributed by atoms with E-state index in [0.29, 0.717) is 5.17 Å². The number of amides is 1. The summed E-state index contributed by atoms with van der Waals surface area (Å²) in [6.45, 7) is 2.23. The lowest BCUT2D eigenvalue weighted by Gasteiger charge is -2.17. The number of carbonyl (C=O) groups is 2. The number of thioether (sulfide) groups is 1. The Labute approximate surface area is 115 Å². The van der Waals surface area contributed by atoms with Gasteiger partial charge in [-0.25, -0.2) is 0 Å². The second-order valence-electron chi connectivity index (χ2n) is 4.95. The molecule has 1 aliphatic carbocycles. The van der Waals surface area contributed by atoms with Gasteiger partial charge in [-0.15, -0.1) is 5.10 Å². The van der Waals surface area contributed by atoms with Gasteiger partial charge in [0.05, 0.1) is 6.42 Å². The molecule has 1 amide bonds. The summed E-state index contributed by atoms with van der Waals surface area (Å²) in [6, 6.07) is 0. The first-order valence-corrected chi connectivity index (χ1v) is 7.25. The quantitative estimate of drug-likeness (QED) is 0.770. The van der Waals surface area contributed by atoms with E-state index in [1.807, 2.05) is 0 Å². The van der Waals surface area contributed by atoms with Crippen LogP contribution < -0.4 is 5.32 Å². The molecule has 0 spiro atoms. The normalized spacial score (nSPS) is 29.4. The second-order valence-corrected chi connectivity index (χ2v) is 6.14. The van der Waals surface area contributed by atoms with Gasteiger partial charge < -0.3 is 10.4 Å². The number of nitrogens with zero attached hydrogens (tertiary/aromatic N) is 2. The minimum absolute atomic E-state index is 0.191. The first-order valence-electron chi connectivity index (χ1n) is 6.37. The summed E-state index contributed by atoms with van der Waals surface area (Å²) >= 11 is 1.14. The smallest absolute Gasteiger partial charge is 0.305 e. The maximum atomic E-state index is 11.5. The molecule has 7 heteroatoms.